The fraction of sp³-hybridized carbons (Fsp3) is 0.250. The molecule has 2 aromatic rings. The van der Waals surface area contributed by atoms with Gasteiger partial charge in [-0.1, -0.05) is 35.9 Å². The maximum atomic E-state index is 13.2. The van der Waals surface area contributed by atoms with E-state index in [4.69, 9.17) is 11.6 Å². The lowest BCUT2D eigenvalue weighted by molar-refractivity contribution is -0.384. The number of carbonyl (C=O) groups excluding carboxylic acids is 3. The van der Waals surface area contributed by atoms with E-state index in [0.29, 0.717) is 0 Å². The molecule has 8 heteroatoms. The maximum absolute atomic E-state index is 13.2. The molecule has 0 spiro atoms. The molecule has 1 heterocycles. The average Bonchev–Trinajstić information content (AvgIpc) is 2.94. The first kappa shape index (κ1) is 17.1. The summed E-state index contributed by atoms with van der Waals surface area (Å²) in [5, 5.41) is 11.1. The normalized spacial score (nSPS) is 27.8. The number of anilines is 1. The van der Waals surface area contributed by atoms with Gasteiger partial charge in [0.1, 0.15) is 10.8 Å². The second kappa shape index (κ2) is 5.72. The van der Waals surface area contributed by atoms with E-state index in [9.17, 15) is 24.5 Å². The van der Waals surface area contributed by atoms with E-state index < -0.39 is 34.5 Å². The van der Waals surface area contributed by atoms with Gasteiger partial charge in [-0.25, -0.2) is 4.90 Å². The number of ketones is 1. The van der Waals surface area contributed by atoms with E-state index in [2.05, 4.69) is 0 Å². The van der Waals surface area contributed by atoms with Crippen molar-refractivity contribution in [3.8, 4) is 0 Å². The van der Waals surface area contributed by atoms with Crippen LogP contribution < -0.4 is 4.90 Å². The van der Waals surface area contributed by atoms with Crippen LogP contribution in [0.25, 0.3) is 0 Å². The maximum Gasteiger partial charge on any atom is 0.289 e. The van der Waals surface area contributed by atoms with Gasteiger partial charge in [0.2, 0.25) is 11.8 Å². The van der Waals surface area contributed by atoms with Gasteiger partial charge in [-0.15, -0.1) is 0 Å². The molecule has 6 rings (SSSR count). The summed E-state index contributed by atoms with van der Waals surface area (Å²) in [6, 6.07) is 11.3. The van der Waals surface area contributed by atoms with Crippen LogP contribution in [0.3, 0.4) is 0 Å². The highest BCUT2D eigenvalue weighted by Crippen LogP contribution is 2.57. The summed E-state index contributed by atoms with van der Waals surface area (Å²) in [5.41, 5.74) is 1.49. The summed E-state index contributed by atoms with van der Waals surface area (Å²) < 4.78 is 0. The number of nitro groups is 1. The minimum Gasteiger partial charge on any atom is -0.299 e. The van der Waals surface area contributed by atoms with Crippen LogP contribution in [-0.4, -0.2) is 22.5 Å². The monoisotopic (exact) mass is 396 g/mol. The second-order valence-corrected chi connectivity index (χ2v) is 7.75. The topological polar surface area (TPSA) is 97.6 Å². The lowest BCUT2D eigenvalue weighted by Crippen LogP contribution is -2.44. The minimum atomic E-state index is -0.761. The quantitative estimate of drug-likeness (QED) is 0.441. The lowest BCUT2D eigenvalue weighted by atomic mass is 9.56. The zero-order chi connectivity index (χ0) is 19.7. The number of benzene rings is 2. The van der Waals surface area contributed by atoms with Crippen molar-refractivity contribution in [1.29, 1.82) is 0 Å². The van der Waals surface area contributed by atoms with E-state index >= 15 is 0 Å². The summed E-state index contributed by atoms with van der Waals surface area (Å²) in [7, 11) is 0. The number of halogens is 1. The third-order valence-corrected chi connectivity index (χ3v) is 6.39. The Morgan fingerprint density at radius 3 is 2.39 bits per heavy atom. The number of nitro benzene ring substituents is 1. The minimum absolute atomic E-state index is 0.0324. The summed E-state index contributed by atoms with van der Waals surface area (Å²) in [6.07, 6.45) is 0.233. The van der Waals surface area contributed by atoms with Crippen LogP contribution in [0.2, 0.25) is 5.02 Å². The first-order valence-electron chi connectivity index (χ1n) is 8.83. The van der Waals surface area contributed by atoms with Gasteiger partial charge in [0, 0.05) is 18.4 Å². The highest BCUT2D eigenvalue weighted by atomic mass is 35.5. The Labute approximate surface area is 164 Å². The van der Waals surface area contributed by atoms with E-state index in [0.717, 1.165) is 22.1 Å². The molecule has 0 N–H and O–H groups in total. The van der Waals surface area contributed by atoms with Crippen LogP contribution in [0, 0.1) is 22.0 Å². The van der Waals surface area contributed by atoms with E-state index in [1.165, 1.54) is 12.1 Å². The van der Waals surface area contributed by atoms with Gasteiger partial charge in [0.25, 0.3) is 5.69 Å². The first-order valence-corrected chi connectivity index (χ1v) is 9.21. The summed E-state index contributed by atoms with van der Waals surface area (Å²) >= 11 is 5.85. The van der Waals surface area contributed by atoms with Gasteiger partial charge < -0.3 is 0 Å². The molecule has 1 saturated heterocycles. The number of Topliss-reactive ketones (excluding diaryl/α,β-unsaturated/α-hetero) is 1. The number of hydrogen-bond donors (Lipinski definition) is 0. The summed E-state index contributed by atoms with van der Waals surface area (Å²) in [6.45, 7) is 0. The van der Waals surface area contributed by atoms with Crippen LogP contribution in [0.1, 0.15) is 29.4 Å². The van der Waals surface area contributed by atoms with Gasteiger partial charge >= 0.3 is 0 Å². The first-order chi connectivity index (χ1) is 13.4. The largest absolute Gasteiger partial charge is 0.299 e. The molecule has 1 saturated carbocycles. The molecule has 2 bridgehead atoms. The number of amides is 2. The van der Waals surface area contributed by atoms with Crippen molar-refractivity contribution in [3.63, 3.8) is 0 Å². The van der Waals surface area contributed by atoms with Crippen molar-refractivity contribution < 1.29 is 19.3 Å². The van der Waals surface area contributed by atoms with Gasteiger partial charge in [-0.05, 0) is 23.3 Å². The molecule has 2 aromatic carbocycles. The molecule has 28 heavy (non-hydrogen) atoms. The molecular weight excluding hydrogens is 384 g/mol. The molecular formula is C20H13ClN2O5. The zero-order valence-electron chi connectivity index (χ0n) is 14.4. The van der Waals surface area contributed by atoms with Crippen molar-refractivity contribution in [3.05, 3.63) is 68.7 Å². The van der Waals surface area contributed by atoms with Gasteiger partial charge in [-0.3, -0.25) is 24.5 Å². The molecule has 2 amide bonds. The Kier molecular flexibility index (Phi) is 3.49. The second-order valence-electron chi connectivity index (χ2n) is 7.34. The van der Waals surface area contributed by atoms with E-state index in [1.807, 2.05) is 24.3 Å². The van der Waals surface area contributed by atoms with Crippen LogP contribution in [0.5, 0.6) is 0 Å². The van der Waals surface area contributed by atoms with Gasteiger partial charge in [0.15, 0.2) is 0 Å². The Balaban J connectivity index is 1.63. The number of nitrogens with zero attached hydrogens (tertiary/aromatic N) is 2. The highest BCUT2D eigenvalue weighted by Gasteiger charge is 2.62. The van der Waals surface area contributed by atoms with Gasteiger partial charge in [0.05, 0.1) is 28.4 Å². The van der Waals surface area contributed by atoms with Crippen molar-refractivity contribution >= 4 is 40.6 Å². The third-order valence-electron chi connectivity index (χ3n) is 6.07. The predicted octanol–water partition coefficient (Wildman–Crippen LogP) is 3.21. The molecule has 7 nitrogen and oxygen atoms in total. The van der Waals surface area contributed by atoms with E-state index in [1.54, 1.807) is 0 Å². The molecule has 140 valence electrons. The number of fused-ring (bicyclic) bond motifs is 1. The standard InChI is InChI=1S/C20H13ClN2O5/c21-13-6-5-9(7-14(13)23(27)28)22-19(25)17-12-8-15(24)16(18(17)20(22)26)11-4-2-1-3-10(11)12/h1-7,12,16-18H,8H2/t12-,16+,17-,18-/m0/s1. The Morgan fingerprint density at radius 1 is 1.00 bits per heavy atom. The molecule has 4 atom stereocenters. The van der Waals surface area contributed by atoms with Crippen molar-refractivity contribution in [1.82, 2.24) is 0 Å². The Bertz CT molecular complexity index is 1100. The zero-order valence-corrected chi connectivity index (χ0v) is 15.1. The third kappa shape index (κ3) is 2.08. The molecule has 0 unspecified atom stereocenters. The molecule has 4 aliphatic rings. The van der Waals surface area contributed by atoms with Gasteiger partial charge in [-0.2, -0.15) is 0 Å². The SMILES string of the molecule is O=C1C[C@H]2c3ccccc3[C@H]1[C@@H]1C(=O)N(c3ccc(Cl)c([N+](=O)[O-])c3)C(=O)[C@H]12. The predicted molar refractivity (Wildman–Crippen MR) is 99.1 cm³/mol. The number of hydrogen-bond acceptors (Lipinski definition) is 5. The van der Waals surface area contributed by atoms with Crippen molar-refractivity contribution in [2.45, 2.75) is 18.3 Å². The number of imide groups is 1. The molecule has 0 aromatic heterocycles. The smallest absolute Gasteiger partial charge is 0.289 e. The van der Waals surface area contributed by atoms with Crippen LogP contribution in [0.4, 0.5) is 11.4 Å². The highest BCUT2D eigenvalue weighted by molar-refractivity contribution is 6.33. The van der Waals surface area contributed by atoms with Crippen LogP contribution >= 0.6 is 11.6 Å². The molecule has 3 aliphatic carbocycles. The van der Waals surface area contributed by atoms with Crippen LogP contribution in [-0.2, 0) is 14.4 Å². The number of carbonyl (C=O) groups is 3. The fourth-order valence-electron chi connectivity index (χ4n) is 4.99. The summed E-state index contributed by atoms with van der Waals surface area (Å²) in [4.78, 5) is 50.6. The van der Waals surface area contributed by atoms with Crippen LogP contribution in [0.15, 0.2) is 42.5 Å². The summed E-state index contributed by atoms with van der Waals surface area (Å²) in [5.74, 6) is -3.30. The Hall–Kier alpha value is -3.06. The van der Waals surface area contributed by atoms with E-state index in [-0.39, 0.29) is 34.5 Å². The Morgan fingerprint density at radius 2 is 1.68 bits per heavy atom. The molecule has 1 aliphatic heterocycles. The average molecular weight is 397 g/mol. The van der Waals surface area contributed by atoms with Crippen molar-refractivity contribution in [2.24, 2.45) is 11.8 Å². The number of rotatable bonds is 2. The molecule has 2 fully saturated rings. The molecule has 0 radical (unpaired) electrons. The fourth-order valence-corrected chi connectivity index (χ4v) is 5.18. The lowest BCUT2D eigenvalue weighted by Gasteiger charge is -2.43. The van der Waals surface area contributed by atoms with Crippen molar-refractivity contribution in [2.75, 3.05) is 4.90 Å².